The lowest BCUT2D eigenvalue weighted by molar-refractivity contribution is 0.232. The highest BCUT2D eigenvalue weighted by Crippen LogP contribution is 2.10. The van der Waals surface area contributed by atoms with E-state index in [1.807, 2.05) is 0 Å². The molecule has 2 rings (SSSR count). The molecule has 2 unspecified atom stereocenters. The minimum Gasteiger partial charge on any atom is -0.310 e. The van der Waals surface area contributed by atoms with Gasteiger partial charge in [-0.3, -0.25) is 0 Å². The lowest BCUT2D eigenvalue weighted by Gasteiger charge is -2.31. The Kier molecular flexibility index (Phi) is 4.54. The van der Waals surface area contributed by atoms with Gasteiger partial charge in [-0.15, -0.1) is 0 Å². The van der Waals surface area contributed by atoms with Crippen LogP contribution >= 0.6 is 0 Å². The molecule has 1 fully saturated rings. The van der Waals surface area contributed by atoms with Crippen LogP contribution in [0.1, 0.15) is 18.5 Å². The van der Waals surface area contributed by atoms with E-state index < -0.39 is 0 Å². The van der Waals surface area contributed by atoms with E-state index >= 15 is 0 Å². The van der Waals surface area contributed by atoms with Crippen LogP contribution < -0.4 is 10.6 Å². The molecule has 17 heavy (non-hydrogen) atoms. The highest BCUT2D eigenvalue weighted by atomic mass is 15.2. The molecular formula is C14H23N3. The number of hydrogen-bond donors (Lipinski definition) is 2. The third-order valence-electron chi connectivity index (χ3n) is 3.43. The van der Waals surface area contributed by atoms with Gasteiger partial charge in [0, 0.05) is 38.3 Å². The van der Waals surface area contributed by atoms with Crippen LogP contribution in [0.2, 0.25) is 0 Å². The van der Waals surface area contributed by atoms with E-state index in [-0.39, 0.29) is 0 Å². The topological polar surface area (TPSA) is 27.3 Å². The maximum absolute atomic E-state index is 3.60. The van der Waals surface area contributed by atoms with Gasteiger partial charge in [-0.1, -0.05) is 30.3 Å². The summed E-state index contributed by atoms with van der Waals surface area (Å²) in [6, 6.07) is 11.6. The fourth-order valence-corrected chi connectivity index (χ4v) is 2.31. The minimum atomic E-state index is 0.422. The van der Waals surface area contributed by atoms with E-state index in [4.69, 9.17) is 0 Å². The second kappa shape index (κ2) is 6.15. The molecule has 0 spiro atoms. The van der Waals surface area contributed by atoms with Crippen molar-refractivity contribution < 1.29 is 0 Å². The Bertz CT molecular complexity index is 325. The van der Waals surface area contributed by atoms with Crippen molar-refractivity contribution in [1.29, 1.82) is 0 Å². The van der Waals surface area contributed by atoms with Crippen molar-refractivity contribution in [3.8, 4) is 0 Å². The molecule has 1 aliphatic heterocycles. The fraction of sp³-hybridized carbons (Fsp3) is 0.571. The lowest BCUT2D eigenvalue weighted by atomic mass is 10.1. The summed E-state index contributed by atoms with van der Waals surface area (Å²) < 4.78 is 0. The van der Waals surface area contributed by atoms with E-state index in [1.165, 1.54) is 5.56 Å². The summed E-state index contributed by atoms with van der Waals surface area (Å²) in [5.41, 5.74) is 1.36. The summed E-state index contributed by atoms with van der Waals surface area (Å²) in [5, 5.41) is 7.15. The van der Waals surface area contributed by atoms with Crippen molar-refractivity contribution in [3.63, 3.8) is 0 Å². The highest BCUT2D eigenvalue weighted by Gasteiger charge is 2.16. The monoisotopic (exact) mass is 233 g/mol. The zero-order valence-electron chi connectivity index (χ0n) is 10.8. The van der Waals surface area contributed by atoms with Crippen LogP contribution in [0.25, 0.3) is 0 Å². The molecule has 1 aromatic rings. The molecule has 0 radical (unpaired) electrons. The molecule has 1 saturated heterocycles. The van der Waals surface area contributed by atoms with Crippen LogP contribution in [-0.4, -0.2) is 44.2 Å². The van der Waals surface area contributed by atoms with E-state index in [0.717, 1.165) is 26.2 Å². The van der Waals surface area contributed by atoms with Gasteiger partial charge in [0.1, 0.15) is 0 Å². The summed E-state index contributed by atoms with van der Waals surface area (Å²) in [7, 11) is 2.19. The van der Waals surface area contributed by atoms with Crippen LogP contribution in [0.3, 0.4) is 0 Å². The Morgan fingerprint density at radius 3 is 2.88 bits per heavy atom. The fourth-order valence-electron chi connectivity index (χ4n) is 2.31. The second-order valence-electron chi connectivity index (χ2n) is 4.95. The van der Waals surface area contributed by atoms with Gasteiger partial charge in [-0.05, 0) is 19.5 Å². The number of benzene rings is 1. The average Bonchev–Trinajstić information content (AvgIpc) is 2.37. The van der Waals surface area contributed by atoms with E-state index in [0.29, 0.717) is 12.1 Å². The molecular weight excluding hydrogens is 210 g/mol. The molecule has 3 heteroatoms. The summed E-state index contributed by atoms with van der Waals surface area (Å²) in [5.74, 6) is 0. The van der Waals surface area contributed by atoms with Gasteiger partial charge >= 0.3 is 0 Å². The van der Waals surface area contributed by atoms with Crippen molar-refractivity contribution in [3.05, 3.63) is 35.9 Å². The van der Waals surface area contributed by atoms with Gasteiger partial charge in [-0.2, -0.15) is 0 Å². The first-order chi connectivity index (χ1) is 8.25. The smallest absolute Gasteiger partial charge is 0.0320 e. The highest BCUT2D eigenvalue weighted by molar-refractivity contribution is 5.18. The number of nitrogens with zero attached hydrogens (tertiary/aromatic N) is 1. The quantitative estimate of drug-likeness (QED) is 0.819. The third-order valence-corrected chi connectivity index (χ3v) is 3.43. The van der Waals surface area contributed by atoms with Gasteiger partial charge in [0.2, 0.25) is 0 Å². The Balaban J connectivity index is 1.78. The SMILES string of the molecule is CC(NCC1CN(C)CCN1)c1ccccc1. The molecule has 2 N–H and O–H groups in total. The lowest BCUT2D eigenvalue weighted by Crippen LogP contribution is -2.53. The van der Waals surface area contributed by atoms with Crippen LogP contribution in [0.15, 0.2) is 30.3 Å². The van der Waals surface area contributed by atoms with Crippen molar-refractivity contribution in [2.45, 2.75) is 19.0 Å². The molecule has 94 valence electrons. The van der Waals surface area contributed by atoms with E-state index in [2.05, 4.69) is 59.8 Å². The molecule has 2 atom stereocenters. The Morgan fingerprint density at radius 1 is 1.41 bits per heavy atom. The molecule has 0 saturated carbocycles. The summed E-state index contributed by atoms with van der Waals surface area (Å²) in [6.45, 7) is 6.64. The van der Waals surface area contributed by atoms with Gasteiger partial charge in [-0.25, -0.2) is 0 Å². The molecule has 1 aromatic carbocycles. The number of rotatable bonds is 4. The van der Waals surface area contributed by atoms with Crippen LogP contribution in [0.4, 0.5) is 0 Å². The number of nitrogens with one attached hydrogen (secondary N) is 2. The van der Waals surface area contributed by atoms with E-state index in [1.54, 1.807) is 0 Å². The Morgan fingerprint density at radius 2 is 2.18 bits per heavy atom. The molecule has 1 aliphatic rings. The average molecular weight is 233 g/mol. The first kappa shape index (κ1) is 12.6. The molecule has 0 aromatic heterocycles. The molecule has 0 bridgehead atoms. The Labute approximate surface area is 104 Å². The largest absolute Gasteiger partial charge is 0.310 e. The third kappa shape index (κ3) is 3.80. The van der Waals surface area contributed by atoms with Crippen molar-refractivity contribution in [1.82, 2.24) is 15.5 Å². The predicted octanol–water partition coefficient (Wildman–Crippen LogP) is 1.24. The standard InChI is InChI=1S/C14H23N3/c1-12(13-6-4-3-5-7-13)16-10-14-11-17(2)9-8-15-14/h3-7,12,14-16H,8-11H2,1-2H3. The summed E-state index contributed by atoms with van der Waals surface area (Å²) in [6.07, 6.45) is 0. The molecule has 3 nitrogen and oxygen atoms in total. The first-order valence-electron chi connectivity index (χ1n) is 6.46. The Hall–Kier alpha value is -0.900. The van der Waals surface area contributed by atoms with Gasteiger partial charge in [0.05, 0.1) is 0 Å². The normalized spacial score (nSPS) is 23.5. The predicted molar refractivity (Wildman–Crippen MR) is 72.1 cm³/mol. The zero-order valence-corrected chi connectivity index (χ0v) is 10.8. The van der Waals surface area contributed by atoms with Crippen molar-refractivity contribution >= 4 is 0 Å². The van der Waals surface area contributed by atoms with Gasteiger partial charge in [0.15, 0.2) is 0 Å². The summed E-state index contributed by atoms with van der Waals surface area (Å²) >= 11 is 0. The maximum atomic E-state index is 3.60. The van der Waals surface area contributed by atoms with Crippen LogP contribution in [0.5, 0.6) is 0 Å². The summed E-state index contributed by atoms with van der Waals surface area (Å²) in [4.78, 5) is 2.38. The number of hydrogen-bond acceptors (Lipinski definition) is 3. The first-order valence-corrected chi connectivity index (χ1v) is 6.46. The molecule has 0 amide bonds. The number of likely N-dealkylation sites (N-methyl/N-ethyl adjacent to an activating group) is 1. The molecule has 0 aliphatic carbocycles. The van der Waals surface area contributed by atoms with Crippen LogP contribution in [0, 0.1) is 0 Å². The molecule has 1 heterocycles. The van der Waals surface area contributed by atoms with Crippen molar-refractivity contribution in [2.75, 3.05) is 33.2 Å². The van der Waals surface area contributed by atoms with Crippen LogP contribution in [-0.2, 0) is 0 Å². The van der Waals surface area contributed by atoms with E-state index in [9.17, 15) is 0 Å². The second-order valence-corrected chi connectivity index (χ2v) is 4.95. The van der Waals surface area contributed by atoms with Gasteiger partial charge in [0.25, 0.3) is 0 Å². The van der Waals surface area contributed by atoms with Crippen molar-refractivity contribution in [2.24, 2.45) is 0 Å². The zero-order chi connectivity index (χ0) is 12.1. The number of piperazine rings is 1. The maximum Gasteiger partial charge on any atom is 0.0320 e. The van der Waals surface area contributed by atoms with Gasteiger partial charge < -0.3 is 15.5 Å². The minimum absolute atomic E-state index is 0.422.